The molecule has 0 N–H and O–H groups in total. The maximum atomic E-state index is 10.4. The number of aryl methyl sites for hydroxylation is 3. The van der Waals surface area contributed by atoms with Gasteiger partial charge in [-0.05, 0) is 51.0 Å². The van der Waals surface area contributed by atoms with E-state index in [9.17, 15) is 10.1 Å². The van der Waals surface area contributed by atoms with Crippen LogP contribution in [0.2, 0.25) is 0 Å². The third-order valence-corrected chi connectivity index (χ3v) is 3.45. The van der Waals surface area contributed by atoms with Crippen molar-refractivity contribution in [3.63, 3.8) is 0 Å². The van der Waals surface area contributed by atoms with Gasteiger partial charge in [-0.25, -0.2) is 4.68 Å². The van der Waals surface area contributed by atoms with Gasteiger partial charge in [-0.1, -0.05) is 6.07 Å². The Balaban J connectivity index is 2.51. The van der Waals surface area contributed by atoms with E-state index in [-0.39, 0.29) is 0 Å². The van der Waals surface area contributed by atoms with Gasteiger partial charge in [-0.3, -0.25) is 10.1 Å². The van der Waals surface area contributed by atoms with Gasteiger partial charge in [0, 0.05) is 17.3 Å². The Kier molecular flexibility index (Phi) is 3.70. The zero-order chi connectivity index (χ0) is 14.9. The van der Waals surface area contributed by atoms with Gasteiger partial charge >= 0.3 is 0 Å². The van der Waals surface area contributed by atoms with Crippen molar-refractivity contribution in [2.45, 2.75) is 27.7 Å². The number of aromatic nitrogens is 2. The molecule has 0 bridgehead atoms. The van der Waals surface area contributed by atoms with Gasteiger partial charge in [-0.2, -0.15) is 5.10 Å². The second-order valence-corrected chi connectivity index (χ2v) is 4.87. The highest BCUT2D eigenvalue weighted by Crippen LogP contribution is 2.21. The fourth-order valence-corrected chi connectivity index (χ4v) is 2.14. The Labute approximate surface area is 117 Å². The fraction of sp³-hybridized carbons (Fsp3) is 0.267. The lowest BCUT2D eigenvalue weighted by molar-refractivity contribution is -0.400. The van der Waals surface area contributed by atoms with Gasteiger partial charge in [0.15, 0.2) is 0 Å². The van der Waals surface area contributed by atoms with Gasteiger partial charge in [0.2, 0.25) is 6.20 Å². The summed E-state index contributed by atoms with van der Waals surface area (Å²) in [5.41, 5.74) is 5.85. The summed E-state index contributed by atoms with van der Waals surface area (Å²) in [7, 11) is 0. The van der Waals surface area contributed by atoms with Gasteiger partial charge in [0.1, 0.15) is 0 Å². The minimum absolute atomic E-state index is 0.466. The first-order valence-corrected chi connectivity index (χ1v) is 6.35. The molecule has 0 saturated carbocycles. The van der Waals surface area contributed by atoms with E-state index >= 15 is 0 Å². The van der Waals surface area contributed by atoms with E-state index in [2.05, 4.69) is 25.0 Å². The molecule has 0 atom stereocenters. The number of hydrogen-bond acceptors (Lipinski definition) is 3. The maximum absolute atomic E-state index is 10.4. The topological polar surface area (TPSA) is 61.0 Å². The predicted octanol–water partition coefficient (Wildman–Crippen LogP) is 3.35. The van der Waals surface area contributed by atoms with Crippen molar-refractivity contribution < 1.29 is 4.92 Å². The highest BCUT2D eigenvalue weighted by atomic mass is 16.6. The monoisotopic (exact) mass is 271 g/mol. The molecule has 1 aromatic carbocycles. The predicted molar refractivity (Wildman–Crippen MR) is 78.5 cm³/mol. The molecule has 0 aliphatic carbocycles. The van der Waals surface area contributed by atoms with Crippen molar-refractivity contribution >= 4 is 6.08 Å². The van der Waals surface area contributed by atoms with E-state index in [1.165, 1.54) is 17.2 Å². The molecule has 5 heteroatoms. The second kappa shape index (κ2) is 5.28. The maximum Gasteiger partial charge on any atom is 0.235 e. The lowest BCUT2D eigenvalue weighted by atomic mass is 10.1. The van der Waals surface area contributed by atoms with Crippen LogP contribution in [0.5, 0.6) is 0 Å². The third kappa shape index (κ3) is 2.61. The minimum Gasteiger partial charge on any atom is -0.259 e. The van der Waals surface area contributed by atoms with Crippen LogP contribution in [-0.2, 0) is 0 Å². The molecule has 0 radical (unpaired) electrons. The Hall–Kier alpha value is -2.43. The molecule has 2 rings (SSSR count). The van der Waals surface area contributed by atoms with Crippen molar-refractivity contribution in [2.75, 3.05) is 0 Å². The summed E-state index contributed by atoms with van der Waals surface area (Å²) in [6.45, 7) is 7.88. The molecule has 1 aromatic heterocycles. The van der Waals surface area contributed by atoms with E-state index in [1.807, 2.05) is 30.7 Å². The van der Waals surface area contributed by atoms with Crippen LogP contribution in [0.15, 0.2) is 24.4 Å². The minimum atomic E-state index is -0.466. The van der Waals surface area contributed by atoms with Crippen LogP contribution in [0.1, 0.15) is 28.1 Å². The zero-order valence-corrected chi connectivity index (χ0v) is 12.0. The van der Waals surface area contributed by atoms with Crippen LogP contribution in [0.25, 0.3) is 11.8 Å². The molecule has 5 nitrogen and oxygen atoms in total. The van der Waals surface area contributed by atoms with Crippen LogP contribution in [-0.4, -0.2) is 14.7 Å². The first-order valence-electron chi connectivity index (χ1n) is 6.35. The first kappa shape index (κ1) is 14.0. The number of benzene rings is 1. The molecule has 0 aliphatic rings. The molecule has 0 unspecified atom stereocenters. The van der Waals surface area contributed by atoms with Crippen molar-refractivity contribution in [1.82, 2.24) is 9.78 Å². The lowest BCUT2D eigenvalue weighted by Gasteiger charge is -2.07. The van der Waals surface area contributed by atoms with Gasteiger partial charge in [0.05, 0.1) is 16.3 Å². The van der Waals surface area contributed by atoms with Crippen LogP contribution in [0.4, 0.5) is 0 Å². The van der Waals surface area contributed by atoms with E-state index in [0.717, 1.165) is 28.8 Å². The van der Waals surface area contributed by atoms with E-state index in [1.54, 1.807) is 0 Å². The second-order valence-electron chi connectivity index (χ2n) is 4.87. The number of nitrogens with zero attached hydrogens (tertiary/aromatic N) is 3. The summed E-state index contributed by atoms with van der Waals surface area (Å²) in [5.74, 6) is 0. The Morgan fingerprint density at radius 1 is 1.20 bits per heavy atom. The number of rotatable bonds is 3. The average Bonchev–Trinajstić information content (AvgIpc) is 2.66. The van der Waals surface area contributed by atoms with Crippen LogP contribution in [0.3, 0.4) is 0 Å². The fourth-order valence-electron chi connectivity index (χ4n) is 2.14. The van der Waals surface area contributed by atoms with Crippen molar-refractivity contribution in [1.29, 1.82) is 0 Å². The molecule has 1 heterocycles. The molecule has 0 amide bonds. The van der Waals surface area contributed by atoms with E-state index < -0.39 is 4.92 Å². The third-order valence-electron chi connectivity index (χ3n) is 3.45. The summed E-state index contributed by atoms with van der Waals surface area (Å²) in [5, 5.41) is 14.9. The molecule has 0 spiro atoms. The van der Waals surface area contributed by atoms with Crippen molar-refractivity contribution in [3.05, 3.63) is 62.6 Å². The molecule has 0 saturated heterocycles. The summed E-state index contributed by atoms with van der Waals surface area (Å²) in [6, 6.07) is 6.12. The van der Waals surface area contributed by atoms with E-state index in [0.29, 0.717) is 0 Å². The lowest BCUT2D eigenvalue weighted by Crippen LogP contribution is -2.00. The zero-order valence-electron chi connectivity index (χ0n) is 12.0. The molecule has 104 valence electrons. The summed E-state index contributed by atoms with van der Waals surface area (Å²) < 4.78 is 1.82. The standard InChI is InChI=1S/C15H17N3O2/c1-10-5-6-14(9-11(10)2)18-13(4)15(12(3)16-18)7-8-17(19)20/h5-9H,1-4H3. The molecular weight excluding hydrogens is 254 g/mol. The first-order chi connectivity index (χ1) is 9.40. The Morgan fingerprint density at radius 3 is 2.50 bits per heavy atom. The van der Waals surface area contributed by atoms with Crippen LogP contribution in [0, 0.1) is 37.8 Å². The highest BCUT2D eigenvalue weighted by Gasteiger charge is 2.11. The molecule has 20 heavy (non-hydrogen) atoms. The van der Waals surface area contributed by atoms with E-state index in [4.69, 9.17) is 0 Å². The van der Waals surface area contributed by atoms with Crippen LogP contribution < -0.4 is 0 Å². The number of hydrogen-bond donors (Lipinski definition) is 0. The smallest absolute Gasteiger partial charge is 0.235 e. The molecular formula is C15H17N3O2. The highest BCUT2D eigenvalue weighted by molar-refractivity contribution is 5.55. The quantitative estimate of drug-likeness (QED) is 0.635. The van der Waals surface area contributed by atoms with Gasteiger partial charge in [-0.15, -0.1) is 0 Å². The van der Waals surface area contributed by atoms with Crippen molar-refractivity contribution in [2.24, 2.45) is 0 Å². The Morgan fingerprint density at radius 2 is 1.90 bits per heavy atom. The largest absolute Gasteiger partial charge is 0.259 e. The van der Waals surface area contributed by atoms with Gasteiger partial charge in [0.25, 0.3) is 0 Å². The molecule has 2 aromatic rings. The SMILES string of the molecule is Cc1ccc(-n2nc(C)c(C=C[N+](=O)[O-])c2C)cc1C. The molecule has 0 aliphatic heterocycles. The van der Waals surface area contributed by atoms with Crippen LogP contribution >= 0.6 is 0 Å². The Bertz CT molecular complexity index is 699. The normalized spacial score (nSPS) is 11.2. The average molecular weight is 271 g/mol. The summed E-state index contributed by atoms with van der Waals surface area (Å²) in [4.78, 5) is 9.98. The van der Waals surface area contributed by atoms with Gasteiger partial charge < -0.3 is 0 Å². The summed E-state index contributed by atoms with van der Waals surface area (Å²) in [6.07, 6.45) is 2.44. The van der Waals surface area contributed by atoms with Crippen molar-refractivity contribution in [3.8, 4) is 5.69 Å². The summed E-state index contributed by atoms with van der Waals surface area (Å²) >= 11 is 0. The molecule has 0 fully saturated rings. The number of nitro groups is 1.